The summed E-state index contributed by atoms with van der Waals surface area (Å²) in [7, 11) is 0. The fourth-order valence-electron chi connectivity index (χ4n) is 4.70. The van der Waals surface area contributed by atoms with Gasteiger partial charge in [0.1, 0.15) is 5.75 Å². The number of ether oxygens (including phenoxy) is 1. The van der Waals surface area contributed by atoms with Crippen LogP contribution >= 0.6 is 0 Å². The Hall–Kier alpha value is -3.21. The largest absolute Gasteiger partial charge is 0.490 e. The lowest BCUT2D eigenvalue weighted by Crippen LogP contribution is -2.54. The Bertz CT molecular complexity index is 1240. The van der Waals surface area contributed by atoms with Crippen LogP contribution in [0.1, 0.15) is 29.9 Å². The maximum absolute atomic E-state index is 12.8. The van der Waals surface area contributed by atoms with Gasteiger partial charge in [-0.1, -0.05) is 12.1 Å². The van der Waals surface area contributed by atoms with Gasteiger partial charge in [-0.05, 0) is 54.7 Å². The lowest BCUT2D eigenvalue weighted by atomic mass is 9.77. The first-order chi connectivity index (χ1) is 16.9. The van der Waals surface area contributed by atoms with Crippen LogP contribution in [0.25, 0.3) is 10.9 Å². The maximum atomic E-state index is 12.8. The quantitative estimate of drug-likeness (QED) is 0.403. The van der Waals surface area contributed by atoms with Crippen molar-refractivity contribution in [2.75, 3.05) is 25.0 Å². The van der Waals surface area contributed by atoms with E-state index in [1.807, 2.05) is 0 Å². The highest BCUT2D eigenvalue weighted by Crippen LogP contribution is 2.41. The van der Waals surface area contributed by atoms with Crippen LogP contribution in [0.3, 0.4) is 0 Å². The molecule has 2 fully saturated rings. The minimum Gasteiger partial charge on any atom is -0.490 e. The van der Waals surface area contributed by atoms with Gasteiger partial charge in [0.2, 0.25) is 5.91 Å². The van der Waals surface area contributed by atoms with Crippen molar-refractivity contribution in [3.8, 4) is 5.75 Å². The molecular weight excluding hydrogens is 488 g/mol. The third-order valence-corrected chi connectivity index (χ3v) is 6.75. The number of carbonyl (C=O) groups is 1. The van der Waals surface area contributed by atoms with Crippen LogP contribution in [-0.2, 0) is 11.0 Å². The lowest BCUT2D eigenvalue weighted by molar-refractivity contribution is -0.162. The first-order valence-corrected chi connectivity index (χ1v) is 11.5. The molecular formula is C25H23F6N3O2. The van der Waals surface area contributed by atoms with Crippen LogP contribution in [-0.4, -0.2) is 47.7 Å². The zero-order valence-electron chi connectivity index (χ0n) is 18.9. The number of benzene rings is 2. The molecule has 1 aromatic heterocycles. The Morgan fingerprint density at radius 2 is 1.72 bits per heavy atom. The molecule has 0 atom stereocenters. The maximum Gasteiger partial charge on any atom is 0.416 e. The van der Waals surface area contributed by atoms with E-state index in [9.17, 15) is 31.1 Å². The monoisotopic (exact) mass is 511 g/mol. The summed E-state index contributed by atoms with van der Waals surface area (Å²) in [4.78, 5) is 16.7. The highest BCUT2D eigenvalue weighted by atomic mass is 19.4. The lowest BCUT2D eigenvalue weighted by Gasteiger charge is -2.38. The summed E-state index contributed by atoms with van der Waals surface area (Å²) in [6.07, 6.45) is -5.74. The van der Waals surface area contributed by atoms with E-state index in [-0.39, 0.29) is 31.0 Å². The van der Waals surface area contributed by atoms with Crippen molar-refractivity contribution in [3.05, 3.63) is 59.8 Å². The molecule has 36 heavy (non-hydrogen) atoms. The average Bonchev–Trinajstić information content (AvgIpc) is 3.13. The Balaban J connectivity index is 1.16. The molecule has 192 valence electrons. The van der Waals surface area contributed by atoms with Gasteiger partial charge in [-0.3, -0.25) is 9.69 Å². The van der Waals surface area contributed by atoms with Crippen LogP contribution in [0.4, 0.5) is 32.0 Å². The van der Waals surface area contributed by atoms with Crippen molar-refractivity contribution in [2.45, 2.75) is 37.2 Å². The third-order valence-electron chi connectivity index (χ3n) is 6.75. The number of rotatable bonds is 6. The van der Waals surface area contributed by atoms with Gasteiger partial charge in [-0.2, -0.15) is 26.3 Å². The molecule has 1 saturated carbocycles. The van der Waals surface area contributed by atoms with Crippen LogP contribution in [0.2, 0.25) is 0 Å². The molecule has 1 aliphatic heterocycles. The van der Waals surface area contributed by atoms with Crippen molar-refractivity contribution in [1.29, 1.82) is 0 Å². The number of nitrogens with zero attached hydrogens (tertiary/aromatic N) is 1. The molecule has 5 rings (SSSR count). The highest BCUT2D eigenvalue weighted by Gasteiger charge is 2.40. The summed E-state index contributed by atoms with van der Waals surface area (Å²) in [6, 6.07) is 10.6. The van der Waals surface area contributed by atoms with E-state index < -0.39 is 30.4 Å². The van der Waals surface area contributed by atoms with Gasteiger partial charge in [0.15, 0.2) is 0 Å². The molecule has 2 N–H and O–H groups in total. The van der Waals surface area contributed by atoms with E-state index >= 15 is 0 Å². The Kier molecular flexibility index (Phi) is 6.14. The highest BCUT2D eigenvalue weighted by molar-refractivity contribution is 6.03. The predicted molar refractivity (Wildman–Crippen MR) is 121 cm³/mol. The molecule has 3 aromatic rings. The molecule has 2 aromatic carbocycles. The van der Waals surface area contributed by atoms with Crippen LogP contribution in [0.5, 0.6) is 5.75 Å². The molecule has 2 heterocycles. The number of H-pyrrole nitrogens is 1. The predicted octanol–water partition coefficient (Wildman–Crippen LogP) is 5.94. The summed E-state index contributed by atoms with van der Waals surface area (Å²) in [5.41, 5.74) is 1.46. The first kappa shape index (κ1) is 24.5. The zero-order chi connectivity index (χ0) is 25.7. The minimum atomic E-state index is -4.36. The number of fused-ring (bicyclic) bond motifs is 1. The number of aromatic amines is 1. The molecule has 2 aliphatic rings. The fourth-order valence-corrected chi connectivity index (χ4v) is 4.70. The second-order valence-electron chi connectivity index (χ2n) is 9.43. The normalized spacial score (nSPS) is 21.2. The summed E-state index contributed by atoms with van der Waals surface area (Å²) in [5.74, 6) is -0.121. The van der Waals surface area contributed by atoms with Crippen molar-refractivity contribution in [2.24, 2.45) is 5.92 Å². The van der Waals surface area contributed by atoms with Gasteiger partial charge >= 0.3 is 12.4 Å². The number of halogens is 6. The summed E-state index contributed by atoms with van der Waals surface area (Å²) in [6.45, 7) is -0.904. The van der Waals surface area contributed by atoms with Crippen molar-refractivity contribution >= 4 is 22.5 Å². The van der Waals surface area contributed by atoms with E-state index in [1.165, 1.54) is 17.0 Å². The Labute approximate surface area is 202 Å². The van der Waals surface area contributed by atoms with Crippen molar-refractivity contribution in [3.63, 3.8) is 0 Å². The topological polar surface area (TPSA) is 57.4 Å². The van der Waals surface area contributed by atoms with Crippen molar-refractivity contribution in [1.82, 2.24) is 9.88 Å². The second kappa shape index (κ2) is 9.02. The minimum absolute atomic E-state index is 0.0594. The van der Waals surface area contributed by atoms with E-state index in [0.29, 0.717) is 29.7 Å². The first-order valence-electron chi connectivity index (χ1n) is 11.5. The molecule has 0 radical (unpaired) electrons. The molecule has 0 spiro atoms. The van der Waals surface area contributed by atoms with Gasteiger partial charge in [0.05, 0.1) is 29.8 Å². The van der Waals surface area contributed by atoms with Gasteiger partial charge in [0, 0.05) is 30.2 Å². The standard InChI is InChI=1S/C25H23F6N3O2/c26-24(27,28)13-34-11-16(12-34)23(35)33-22-10-32-21-6-5-18(9-20(21)22)36-19-7-15(8-19)14-1-3-17(4-2-14)25(29,30)31/h1-6,9-10,15-16,19,32H,7-8,11-13H2,(H,33,35). The number of likely N-dealkylation sites (tertiary alicyclic amines) is 1. The van der Waals surface area contributed by atoms with Gasteiger partial charge in [-0.15, -0.1) is 0 Å². The number of amides is 1. The molecule has 1 saturated heterocycles. The van der Waals surface area contributed by atoms with E-state index in [2.05, 4.69) is 10.3 Å². The summed E-state index contributed by atoms with van der Waals surface area (Å²) >= 11 is 0. The van der Waals surface area contributed by atoms with E-state index in [1.54, 1.807) is 24.4 Å². The molecule has 5 nitrogen and oxygen atoms in total. The van der Waals surface area contributed by atoms with Crippen LogP contribution in [0, 0.1) is 5.92 Å². The van der Waals surface area contributed by atoms with E-state index in [4.69, 9.17) is 4.74 Å². The van der Waals surface area contributed by atoms with Crippen LogP contribution < -0.4 is 10.1 Å². The fraction of sp³-hybridized carbons (Fsp3) is 0.400. The smallest absolute Gasteiger partial charge is 0.416 e. The molecule has 1 amide bonds. The van der Waals surface area contributed by atoms with Gasteiger partial charge < -0.3 is 15.0 Å². The number of nitrogens with one attached hydrogen (secondary N) is 2. The molecule has 0 bridgehead atoms. The molecule has 1 aliphatic carbocycles. The van der Waals surface area contributed by atoms with E-state index in [0.717, 1.165) is 23.2 Å². The molecule has 0 unspecified atom stereocenters. The number of hydrogen-bond acceptors (Lipinski definition) is 3. The number of carbonyl (C=O) groups excluding carboxylic acids is 1. The van der Waals surface area contributed by atoms with Crippen molar-refractivity contribution < 1.29 is 35.9 Å². The summed E-state index contributed by atoms with van der Waals surface area (Å²) in [5, 5.41) is 3.50. The Morgan fingerprint density at radius 3 is 2.36 bits per heavy atom. The second-order valence-corrected chi connectivity index (χ2v) is 9.43. The zero-order valence-corrected chi connectivity index (χ0v) is 18.9. The SMILES string of the molecule is O=C(Nc1c[nH]c2ccc(OC3CC(c4ccc(C(F)(F)F)cc4)C3)cc12)C1CN(CC(F)(F)F)C1. The Morgan fingerprint density at radius 1 is 1.03 bits per heavy atom. The third kappa shape index (κ3) is 5.30. The number of anilines is 1. The number of alkyl halides is 6. The summed E-state index contributed by atoms with van der Waals surface area (Å²) < 4.78 is 81.7. The van der Waals surface area contributed by atoms with Gasteiger partial charge in [0.25, 0.3) is 0 Å². The number of hydrogen-bond donors (Lipinski definition) is 2. The molecule has 11 heteroatoms. The number of aromatic nitrogens is 1. The van der Waals surface area contributed by atoms with Gasteiger partial charge in [-0.25, -0.2) is 0 Å². The average molecular weight is 511 g/mol. The van der Waals surface area contributed by atoms with Crippen LogP contribution in [0.15, 0.2) is 48.7 Å².